The minimum Gasteiger partial charge on any atom is -0.336 e. The van der Waals surface area contributed by atoms with Crippen LogP contribution in [0.25, 0.3) is 0 Å². The molecule has 1 aromatic carbocycles. The largest absolute Gasteiger partial charge is 0.471 e. The molecule has 0 bridgehead atoms. The Labute approximate surface area is 148 Å². The van der Waals surface area contributed by atoms with Crippen LogP contribution in [0.4, 0.5) is 23.7 Å². The van der Waals surface area contributed by atoms with Gasteiger partial charge in [0, 0.05) is 31.9 Å². The standard InChI is InChI=1S/C17H17F3N4O2/c18-17(19,20)14(25)23-8-5-16(11-21,6-9-23)12-1-3-13(4-2-12)24-10-7-22-15(24)26/h1-4H,5-10H2,(H,22,26). The van der Waals surface area contributed by atoms with E-state index < -0.39 is 17.5 Å². The molecular weight excluding hydrogens is 349 g/mol. The average molecular weight is 366 g/mol. The molecule has 3 rings (SSSR count). The van der Waals surface area contributed by atoms with Crippen molar-refractivity contribution in [2.45, 2.75) is 24.4 Å². The van der Waals surface area contributed by atoms with Gasteiger partial charge in [-0.25, -0.2) is 4.79 Å². The highest BCUT2D eigenvalue weighted by molar-refractivity contribution is 5.94. The van der Waals surface area contributed by atoms with Gasteiger partial charge in [0.25, 0.3) is 0 Å². The van der Waals surface area contributed by atoms with Crippen LogP contribution in [-0.2, 0) is 10.2 Å². The van der Waals surface area contributed by atoms with Crippen LogP contribution in [0, 0.1) is 11.3 Å². The minimum atomic E-state index is -4.90. The van der Waals surface area contributed by atoms with Gasteiger partial charge >= 0.3 is 18.1 Å². The van der Waals surface area contributed by atoms with E-state index in [1.54, 1.807) is 29.2 Å². The van der Waals surface area contributed by atoms with Crippen molar-refractivity contribution < 1.29 is 22.8 Å². The SMILES string of the molecule is N#CC1(c2ccc(N3CCNC3=O)cc2)CCN(C(=O)C(F)(F)F)CC1. The number of hydrogen-bond acceptors (Lipinski definition) is 3. The van der Waals surface area contributed by atoms with E-state index in [0.29, 0.717) is 24.3 Å². The summed E-state index contributed by atoms with van der Waals surface area (Å²) in [5.74, 6) is -1.86. The number of rotatable bonds is 2. The lowest BCUT2D eigenvalue weighted by atomic mass is 9.74. The maximum Gasteiger partial charge on any atom is 0.471 e. The predicted octanol–water partition coefficient (Wildman–Crippen LogP) is 2.16. The lowest BCUT2D eigenvalue weighted by Crippen LogP contribution is -2.49. The summed E-state index contributed by atoms with van der Waals surface area (Å²) in [6, 6.07) is 8.94. The van der Waals surface area contributed by atoms with Gasteiger partial charge in [-0.15, -0.1) is 0 Å². The molecule has 2 aliphatic heterocycles. The monoisotopic (exact) mass is 366 g/mol. The van der Waals surface area contributed by atoms with Crippen molar-refractivity contribution in [3.8, 4) is 6.07 Å². The lowest BCUT2D eigenvalue weighted by molar-refractivity contribution is -0.186. The molecule has 138 valence electrons. The van der Waals surface area contributed by atoms with Gasteiger partial charge in [0.15, 0.2) is 0 Å². The van der Waals surface area contributed by atoms with Crippen LogP contribution < -0.4 is 10.2 Å². The zero-order valence-corrected chi connectivity index (χ0v) is 13.8. The molecule has 0 aliphatic carbocycles. The van der Waals surface area contributed by atoms with E-state index in [9.17, 15) is 28.0 Å². The Bertz CT molecular complexity index is 747. The van der Waals surface area contributed by atoms with Crippen molar-refractivity contribution in [1.29, 1.82) is 5.26 Å². The zero-order valence-electron chi connectivity index (χ0n) is 13.8. The van der Waals surface area contributed by atoms with E-state index in [2.05, 4.69) is 11.4 Å². The Hall–Kier alpha value is -2.76. The number of likely N-dealkylation sites (tertiary alicyclic amines) is 1. The number of amides is 3. The van der Waals surface area contributed by atoms with Crippen molar-refractivity contribution in [2.75, 3.05) is 31.1 Å². The number of urea groups is 1. The van der Waals surface area contributed by atoms with Crippen LogP contribution >= 0.6 is 0 Å². The van der Waals surface area contributed by atoms with E-state index in [1.807, 2.05) is 0 Å². The van der Waals surface area contributed by atoms with Gasteiger partial charge in [0.2, 0.25) is 0 Å². The molecule has 0 aromatic heterocycles. The Balaban J connectivity index is 1.74. The van der Waals surface area contributed by atoms with Gasteiger partial charge in [0.05, 0.1) is 11.5 Å². The van der Waals surface area contributed by atoms with Gasteiger partial charge in [-0.05, 0) is 30.5 Å². The third-order valence-electron chi connectivity index (χ3n) is 4.95. The summed E-state index contributed by atoms with van der Waals surface area (Å²) in [5, 5.41) is 12.3. The van der Waals surface area contributed by atoms with Gasteiger partial charge in [-0.1, -0.05) is 12.1 Å². The molecule has 9 heteroatoms. The van der Waals surface area contributed by atoms with Crippen LogP contribution in [0.2, 0.25) is 0 Å². The molecule has 2 fully saturated rings. The number of alkyl halides is 3. The number of piperidine rings is 1. The van der Waals surface area contributed by atoms with Crippen LogP contribution in [0.3, 0.4) is 0 Å². The number of nitrogens with one attached hydrogen (secondary N) is 1. The average Bonchev–Trinajstić information content (AvgIpc) is 3.06. The van der Waals surface area contributed by atoms with Gasteiger partial charge in [-0.3, -0.25) is 9.69 Å². The number of halogens is 3. The summed E-state index contributed by atoms with van der Waals surface area (Å²) < 4.78 is 37.7. The molecule has 26 heavy (non-hydrogen) atoms. The molecule has 2 heterocycles. The fourth-order valence-electron chi connectivity index (χ4n) is 3.41. The molecule has 0 radical (unpaired) electrons. The number of nitrogens with zero attached hydrogens (tertiary/aromatic N) is 3. The predicted molar refractivity (Wildman–Crippen MR) is 86.3 cm³/mol. The number of carbonyl (C=O) groups excluding carboxylic acids is 2. The number of carbonyl (C=O) groups is 2. The maximum absolute atomic E-state index is 12.6. The first-order valence-corrected chi connectivity index (χ1v) is 8.20. The molecular formula is C17H17F3N4O2. The van der Waals surface area contributed by atoms with E-state index in [1.165, 1.54) is 0 Å². The molecule has 6 nitrogen and oxygen atoms in total. The minimum absolute atomic E-state index is 0.123. The van der Waals surface area contributed by atoms with E-state index in [-0.39, 0.29) is 32.0 Å². The van der Waals surface area contributed by atoms with Gasteiger partial charge in [-0.2, -0.15) is 18.4 Å². The van der Waals surface area contributed by atoms with Crippen LogP contribution in [0.15, 0.2) is 24.3 Å². The molecule has 0 saturated carbocycles. The number of nitriles is 1. The first kappa shape index (κ1) is 18.0. The highest BCUT2D eigenvalue weighted by Crippen LogP contribution is 2.37. The highest BCUT2D eigenvalue weighted by Gasteiger charge is 2.46. The first-order chi connectivity index (χ1) is 12.3. The number of anilines is 1. The lowest BCUT2D eigenvalue weighted by Gasteiger charge is -2.37. The second kappa shape index (κ2) is 6.52. The van der Waals surface area contributed by atoms with Crippen molar-refractivity contribution >= 4 is 17.6 Å². The number of hydrogen-bond donors (Lipinski definition) is 1. The van der Waals surface area contributed by atoms with Gasteiger partial charge in [0.1, 0.15) is 0 Å². The normalized spacial score (nSPS) is 19.8. The van der Waals surface area contributed by atoms with Gasteiger partial charge < -0.3 is 10.2 Å². The second-order valence-corrected chi connectivity index (χ2v) is 6.41. The Morgan fingerprint density at radius 3 is 2.23 bits per heavy atom. The number of benzene rings is 1. The Morgan fingerprint density at radius 2 is 1.77 bits per heavy atom. The molecule has 0 atom stereocenters. The summed E-state index contributed by atoms with van der Waals surface area (Å²) >= 11 is 0. The van der Waals surface area contributed by atoms with Crippen molar-refractivity contribution in [1.82, 2.24) is 10.2 Å². The third kappa shape index (κ3) is 3.19. The molecule has 2 saturated heterocycles. The molecule has 0 unspecified atom stereocenters. The molecule has 1 N–H and O–H groups in total. The quantitative estimate of drug-likeness (QED) is 0.872. The molecule has 2 aliphatic rings. The topological polar surface area (TPSA) is 76.4 Å². The first-order valence-electron chi connectivity index (χ1n) is 8.20. The smallest absolute Gasteiger partial charge is 0.336 e. The fraction of sp³-hybridized carbons (Fsp3) is 0.471. The highest BCUT2D eigenvalue weighted by atomic mass is 19.4. The summed E-state index contributed by atoms with van der Waals surface area (Å²) in [6.07, 6.45) is -4.63. The maximum atomic E-state index is 12.6. The zero-order chi connectivity index (χ0) is 18.9. The van der Waals surface area contributed by atoms with Crippen molar-refractivity contribution in [3.63, 3.8) is 0 Å². The van der Waals surface area contributed by atoms with E-state index in [0.717, 1.165) is 4.90 Å². The summed E-state index contributed by atoms with van der Waals surface area (Å²) in [7, 11) is 0. The van der Waals surface area contributed by atoms with Crippen molar-refractivity contribution in [3.05, 3.63) is 29.8 Å². The molecule has 0 spiro atoms. The van der Waals surface area contributed by atoms with E-state index >= 15 is 0 Å². The fourth-order valence-corrected chi connectivity index (χ4v) is 3.41. The molecule has 3 amide bonds. The second-order valence-electron chi connectivity index (χ2n) is 6.41. The Morgan fingerprint density at radius 1 is 1.15 bits per heavy atom. The van der Waals surface area contributed by atoms with Crippen LogP contribution in [0.5, 0.6) is 0 Å². The molecule has 1 aromatic rings. The third-order valence-corrected chi connectivity index (χ3v) is 4.95. The van der Waals surface area contributed by atoms with Crippen LogP contribution in [-0.4, -0.2) is 49.2 Å². The summed E-state index contributed by atoms with van der Waals surface area (Å²) in [5.41, 5.74) is 0.442. The van der Waals surface area contributed by atoms with E-state index in [4.69, 9.17) is 0 Å². The van der Waals surface area contributed by atoms with Crippen molar-refractivity contribution in [2.24, 2.45) is 0 Å². The Kier molecular flexibility index (Phi) is 4.52. The van der Waals surface area contributed by atoms with Crippen LogP contribution in [0.1, 0.15) is 18.4 Å². The summed E-state index contributed by atoms with van der Waals surface area (Å²) in [6.45, 7) is 0.867. The summed E-state index contributed by atoms with van der Waals surface area (Å²) in [4.78, 5) is 25.4.